The Hall–Kier alpha value is -3.43. The number of aromatic hydroxyl groups is 1. The molecule has 0 radical (unpaired) electrons. The van der Waals surface area contributed by atoms with Crippen molar-refractivity contribution in [1.29, 1.82) is 0 Å². The molecule has 9 heteroatoms. The number of benzene rings is 2. The molecule has 0 saturated carbocycles. The second-order valence-electron chi connectivity index (χ2n) is 7.38. The van der Waals surface area contributed by atoms with E-state index in [-0.39, 0.29) is 11.8 Å². The van der Waals surface area contributed by atoms with Gasteiger partial charge in [-0.25, -0.2) is 0 Å². The molecule has 4 rings (SSSR count). The van der Waals surface area contributed by atoms with Gasteiger partial charge >= 0.3 is 6.01 Å². The predicted molar refractivity (Wildman–Crippen MR) is 122 cm³/mol. The van der Waals surface area contributed by atoms with Crippen molar-refractivity contribution in [3.05, 3.63) is 59.7 Å². The third-order valence-electron chi connectivity index (χ3n) is 5.06. The van der Waals surface area contributed by atoms with Crippen LogP contribution in [-0.4, -0.2) is 57.9 Å². The topological polar surface area (TPSA) is 105 Å². The molecule has 0 amide bonds. The first-order valence-corrected chi connectivity index (χ1v) is 10.8. The lowest BCUT2D eigenvalue weighted by Crippen LogP contribution is -2.35. The van der Waals surface area contributed by atoms with Crippen LogP contribution in [0.15, 0.2) is 48.5 Å². The number of nitrogens with zero attached hydrogens (tertiary/aromatic N) is 4. The van der Waals surface area contributed by atoms with Crippen molar-refractivity contribution in [2.45, 2.75) is 20.0 Å². The van der Waals surface area contributed by atoms with E-state index in [4.69, 9.17) is 9.47 Å². The number of nitrogens with one attached hydrogen (secondary N) is 2. The van der Waals surface area contributed by atoms with Crippen molar-refractivity contribution in [2.75, 3.05) is 43.5 Å². The lowest BCUT2D eigenvalue weighted by atomic mass is 10.1. The fraction of sp³-hybridized carbons (Fsp3) is 0.348. The summed E-state index contributed by atoms with van der Waals surface area (Å²) in [5.41, 5.74) is 3.20. The summed E-state index contributed by atoms with van der Waals surface area (Å²) in [5, 5.41) is 15.9. The molecule has 1 fully saturated rings. The minimum atomic E-state index is 0.194. The summed E-state index contributed by atoms with van der Waals surface area (Å²) < 4.78 is 11.0. The Labute approximate surface area is 187 Å². The second kappa shape index (κ2) is 10.7. The highest BCUT2D eigenvalue weighted by Gasteiger charge is 2.13. The Morgan fingerprint density at radius 1 is 0.969 bits per heavy atom. The Morgan fingerprint density at radius 3 is 2.44 bits per heavy atom. The molecule has 0 aliphatic carbocycles. The minimum Gasteiger partial charge on any atom is -0.508 e. The van der Waals surface area contributed by atoms with Crippen molar-refractivity contribution < 1.29 is 14.6 Å². The molecule has 0 bridgehead atoms. The van der Waals surface area contributed by atoms with Crippen LogP contribution < -0.4 is 15.4 Å². The van der Waals surface area contributed by atoms with Gasteiger partial charge < -0.3 is 25.2 Å². The molecule has 1 aliphatic heterocycles. The van der Waals surface area contributed by atoms with Gasteiger partial charge in [0.15, 0.2) is 0 Å². The Kier molecular flexibility index (Phi) is 7.31. The molecule has 9 nitrogen and oxygen atoms in total. The van der Waals surface area contributed by atoms with Gasteiger partial charge in [-0.2, -0.15) is 15.0 Å². The zero-order valence-corrected chi connectivity index (χ0v) is 18.1. The first-order chi connectivity index (χ1) is 15.7. The van der Waals surface area contributed by atoms with Crippen molar-refractivity contribution in [3.8, 4) is 11.8 Å². The highest BCUT2D eigenvalue weighted by Crippen LogP contribution is 2.20. The highest BCUT2D eigenvalue weighted by atomic mass is 16.5. The molecule has 1 aromatic heterocycles. The van der Waals surface area contributed by atoms with E-state index in [9.17, 15) is 5.11 Å². The molecule has 0 spiro atoms. The number of morpholine rings is 1. The molecule has 1 aliphatic rings. The lowest BCUT2D eigenvalue weighted by molar-refractivity contribution is 0.0341. The van der Waals surface area contributed by atoms with Crippen LogP contribution in [0.25, 0.3) is 0 Å². The molecule has 1 saturated heterocycles. The number of phenols is 1. The van der Waals surface area contributed by atoms with Crippen LogP contribution in [0.2, 0.25) is 0 Å². The lowest BCUT2D eigenvalue weighted by Gasteiger charge is -2.27. The highest BCUT2D eigenvalue weighted by molar-refractivity contribution is 5.55. The van der Waals surface area contributed by atoms with Gasteiger partial charge in [0, 0.05) is 31.9 Å². The molecule has 3 aromatic rings. The van der Waals surface area contributed by atoms with Gasteiger partial charge in [-0.05, 0) is 42.3 Å². The van der Waals surface area contributed by atoms with Crippen molar-refractivity contribution >= 4 is 17.6 Å². The maximum atomic E-state index is 9.48. The Balaban J connectivity index is 1.47. The average Bonchev–Trinajstić information content (AvgIpc) is 2.81. The van der Waals surface area contributed by atoms with E-state index in [1.165, 1.54) is 11.1 Å². The van der Waals surface area contributed by atoms with Crippen LogP contribution in [0.1, 0.15) is 18.1 Å². The van der Waals surface area contributed by atoms with Crippen LogP contribution in [0.4, 0.5) is 17.6 Å². The number of phenolic OH excluding ortho intramolecular Hbond substituents is 1. The van der Waals surface area contributed by atoms with E-state index >= 15 is 0 Å². The Morgan fingerprint density at radius 2 is 1.69 bits per heavy atom. The number of rotatable bonds is 9. The average molecular weight is 437 g/mol. The quantitative estimate of drug-likeness (QED) is 0.436. The predicted octanol–water partition coefficient (Wildman–Crippen LogP) is 3.16. The first kappa shape index (κ1) is 21.8. The van der Waals surface area contributed by atoms with Crippen LogP contribution in [0.5, 0.6) is 11.8 Å². The normalized spacial score (nSPS) is 14.2. The summed E-state index contributed by atoms with van der Waals surface area (Å²) in [6, 6.07) is 15.3. The van der Waals surface area contributed by atoms with E-state index in [1.54, 1.807) is 24.3 Å². The van der Waals surface area contributed by atoms with Crippen LogP contribution in [-0.2, 0) is 17.8 Å². The third-order valence-corrected chi connectivity index (χ3v) is 5.06. The van der Waals surface area contributed by atoms with Crippen molar-refractivity contribution in [3.63, 3.8) is 0 Å². The van der Waals surface area contributed by atoms with E-state index in [2.05, 4.69) is 48.7 Å². The molecule has 0 unspecified atom stereocenters. The summed E-state index contributed by atoms with van der Waals surface area (Å²) in [6.45, 7) is 7.24. The van der Waals surface area contributed by atoms with Gasteiger partial charge in [0.1, 0.15) is 5.75 Å². The zero-order chi connectivity index (χ0) is 22.2. The van der Waals surface area contributed by atoms with Crippen LogP contribution >= 0.6 is 0 Å². The zero-order valence-electron chi connectivity index (χ0n) is 18.1. The molecule has 32 heavy (non-hydrogen) atoms. The van der Waals surface area contributed by atoms with Gasteiger partial charge in [-0.15, -0.1) is 0 Å². The number of hydrogen-bond donors (Lipinski definition) is 3. The number of ether oxygens (including phenoxy) is 2. The maximum Gasteiger partial charge on any atom is 0.323 e. The molecule has 3 N–H and O–H groups in total. The van der Waals surface area contributed by atoms with Crippen molar-refractivity contribution in [2.24, 2.45) is 0 Å². The van der Waals surface area contributed by atoms with Gasteiger partial charge in [0.2, 0.25) is 11.9 Å². The van der Waals surface area contributed by atoms with Gasteiger partial charge in [0.05, 0.1) is 19.8 Å². The second-order valence-corrected chi connectivity index (χ2v) is 7.38. The number of hydrogen-bond acceptors (Lipinski definition) is 9. The molecule has 2 aromatic carbocycles. The minimum absolute atomic E-state index is 0.194. The summed E-state index contributed by atoms with van der Waals surface area (Å²) in [7, 11) is 0. The van der Waals surface area contributed by atoms with Crippen LogP contribution in [0.3, 0.4) is 0 Å². The molecular weight excluding hydrogens is 408 g/mol. The summed E-state index contributed by atoms with van der Waals surface area (Å²) in [6.07, 6.45) is 0. The SMILES string of the molecule is CCOc1nc(NCc2ccccc2CN2CCOCC2)nc(Nc2ccc(O)cc2)n1. The Bertz CT molecular complexity index is 1010. The first-order valence-electron chi connectivity index (χ1n) is 10.8. The number of anilines is 3. The molecule has 0 atom stereocenters. The largest absolute Gasteiger partial charge is 0.508 e. The summed E-state index contributed by atoms with van der Waals surface area (Å²) in [4.78, 5) is 15.6. The smallest absolute Gasteiger partial charge is 0.323 e. The third kappa shape index (κ3) is 6.05. The van der Waals surface area contributed by atoms with Gasteiger partial charge in [-0.1, -0.05) is 24.3 Å². The summed E-state index contributed by atoms with van der Waals surface area (Å²) >= 11 is 0. The standard InChI is InChI=1S/C23H28N6O3/c1-2-32-23-27-21(26-22(28-23)25-19-7-9-20(30)10-8-19)24-15-17-5-3-4-6-18(17)16-29-11-13-31-14-12-29/h3-10,30H,2,11-16H2,1H3,(H2,24,25,26,27,28). The van der Waals surface area contributed by atoms with Gasteiger partial charge in [0.25, 0.3) is 0 Å². The molecule has 168 valence electrons. The van der Waals surface area contributed by atoms with E-state index in [1.807, 2.05) is 13.0 Å². The summed E-state index contributed by atoms with van der Waals surface area (Å²) in [5.74, 6) is 0.975. The monoisotopic (exact) mass is 436 g/mol. The fourth-order valence-corrected chi connectivity index (χ4v) is 3.42. The van der Waals surface area contributed by atoms with E-state index < -0.39 is 0 Å². The van der Waals surface area contributed by atoms with Gasteiger partial charge in [-0.3, -0.25) is 4.90 Å². The maximum absolute atomic E-state index is 9.48. The van der Waals surface area contributed by atoms with E-state index in [0.29, 0.717) is 25.0 Å². The molecule has 2 heterocycles. The number of aromatic nitrogens is 3. The van der Waals surface area contributed by atoms with Crippen LogP contribution in [0, 0.1) is 0 Å². The molecular formula is C23H28N6O3. The van der Waals surface area contributed by atoms with E-state index in [0.717, 1.165) is 38.5 Å². The fourth-order valence-electron chi connectivity index (χ4n) is 3.42. The van der Waals surface area contributed by atoms with Crippen molar-refractivity contribution in [1.82, 2.24) is 19.9 Å².